The van der Waals surface area contributed by atoms with Gasteiger partial charge in [0.15, 0.2) is 0 Å². The molecule has 1 aliphatic heterocycles. The third kappa shape index (κ3) is 3.97. The van der Waals surface area contributed by atoms with Gasteiger partial charge in [-0.15, -0.1) is 0 Å². The third-order valence-electron chi connectivity index (χ3n) is 5.03. The maximum atomic E-state index is 12.8. The molecule has 3 heterocycles. The second-order valence-corrected chi connectivity index (χ2v) is 7.07. The lowest BCUT2D eigenvalue weighted by Crippen LogP contribution is -2.33. The summed E-state index contributed by atoms with van der Waals surface area (Å²) in [6.07, 6.45) is 6.01. The van der Waals surface area contributed by atoms with Gasteiger partial charge in [-0.05, 0) is 35.7 Å². The fourth-order valence-electron chi connectivity index (χ4n) is 3.56. The summed E-state index contributed by atoms with van der Waals surface area (Å²) in [5.74, 6) is 6.84. The van der Waals surface area contributed by atoms with Gasteiger partial charge in [0.2, 0.25) is 5.78 Å². The highest BCUT2D eigenvalue weighted by molar-refractivity contribution is 5.89. The Hall–Kier alpha value is -4.15. The molecule has 0 aliphatic carbocycles. The van der Waals surface area contributed by atoms with E-state index in [1.54, 1.807) is 12.4 Å². The van der Waals surface area contributed by atoms with Crippen LogP contribution in [-0.2, 0) is 4.84 Å². The largest absolute Gasteiger partial charge is 0.346 e. The van der Waals surface area contributed by atoms with E-state index in [9.17, 15) is 4.79 Å². The molecule has 1 aliphatic rings. The van der Waals surface area contributed by atoms with Crippen molar-refractivity contribution >= 4 is 17.5 Å². The molecule has 2 aromatic heterocycles. The summed E-state index contributed by atoms with van der Waals surface area (Å²) in [5, 5.41) is 4.33. The monoisotopic (exact) mass is 409 g/mol. The minimum atomic E-state index is -0.302. The Labute approximate surface area is 179 Å². The minimum absolute atomic E-state index is 0.104. The number of fused-ring (bicyclic) bond motifs is 1. The summed E-state index contributed by atoms with van der Waals surface area (Å²) in [6, 6.07) is 18.7. The number of benzene rings is 2. The lowest BCUT2D eigenvalue weighted by molar-refractivity contribution is -0.0829. The van der Waals surface area contributed by atoms with Crippen LogP contribution in [0.1, 0.15) is 29.3 Å². The molecular formula is C24H19N5O2. The smallest absolute Gasteiger partial charge is 0.306 e. The molecule has 2 aromatic carbocycles. The fraction of sp³-hybridized carbons (Fsp3) is 0.125. The summed E-state index contributed by atoms with van der Waals surface area (Å²) >= 11 is 0. The van der Waals surface area contributed by atoms with Gasteiger partial charge in [0.1, 0.15) is 5.69 Å². The average Bonchev–Trinajstić information content (AvgIpc) is 3.46. The minimum Gasteiger partial charge on any atom is -0.306 e. The van der Waals surface area contributed by atoms with Crippen molar-refractivity contribution in [3.05, 3.63) is 96.1 Å². The Morgan fingerprint density at radius 2 is 1.97 bits per heavy atom. The number of rotatable bonds is 2. The zero-order chi connectivity index (χ0) is 21.0. The number of urea groups is 1. The normalized spacial score (nSPS) is 15.5. The van der Waals surface area contributed by atoms with E-state index in [0.717, 1.165) is 23.2 Å². The Bertz CT molecular complexity index is 1290. The molecular weight excluding hydrogens is 390 g/mol. The Balaban J connectivity index is 1.32. The molecule has 0 radical (unpaired) electrons. The lowest BCUT2D eigenvalue weighted by Gasteiger charge is -2.23. The molecule has 0 saturated carbocycles. The molecule has 1 atom stereocenters. The van der Waals surface area contributed by atoms with Gasteiger partial charge in [0.25, 0.3) is 0 Å². The van der Waals surface area contributed by atoms with Gasteiger partial charge in [-0.1, -0.05) is 42.3 Å². The first-order valence-electron chi connectivity index (χ1n) is 9.96. The Kier molecular flexibility index (Phi) is 5.05. The maximum Gasteiger partial charge on any atom is 0.346 e. The van der Waals surface area contributed by atoms with E-state index in [1.165, 1.54) is 5.06 Å². The van der Waals surface area contributed by atoms with Crippen LogP contribution in [0.4, 0.5) is 10.5 Å². The van der Waals surface area contributed by atoms with Gasteiger partial charge < -0.3 is 5.32 Å². The zero-order valence-corrected chi connectivity index (χ0v) is 16.6. The van der Waals surface area contributed by atoms with Crippen molar-refractivity contribution in [2.24, 2.45) is 0 Å². The van der Waals surface area contributed by atoms with E-state index < -0.39 is 0 Å². The molecule has 1 fully saturated rings. The molecule has 2 amide bonds. The van der Waals surface area contributed by atoms with Gasteiger partial charge in [-0.3, -0.25) is 9.24 Å². The Morgan fingerprint density at radius 3 is 2.87 bits per heavy atom. The zero-order valence-electron chi connectivity index (χ0n) is 16.6. The van der Waals surface area contributed by atoms with Crippen LogP contribution in [0.2, 0.25) is 0 Å². The van der Waals surface area contributed by atoms with Crippen LogP contribution in [0.25, 0.3) is 5.78 Å². The fourth-order valence-corrected chi connectivity index (χ4v) is 3.56. The summed E-state index contributed by atoms with van der Waals surface area (Å²) in [5.41, 5.74) is 3.23. The number of hydroxylamine groups is 2. The number of aromatic nitrogens is 3. The van der Waals surface area contributed by atoms with Crippen molar-refractivity contribution in [2.45, 2.75) is 12.5 Å². The number of anilines is 1. The summed E-state index contributed by atoms with van der Waals surface area (Å²) < 4.78 is 1.83. The molecule has 4 aromatic rings. The van der Waals surface area contributed by atoms with Crippen LogP contribution in [-0.4, -0.2) is 32.1 Å². The molecule has 5 rings (SSSR count). The van der Waals surface area contributed by atoms with Gasteiger partial charge in [0.05, 0.1) is 18.8 Å². The molecule has 7 nitrogen and oxygen atoms in total. The highest BCUT2D eigenvalue weighted by Crippen LogP contribution is 2.30. The summed E-state index contributed by atoms with van der Waals surface area (Å²) in [6.45, 7) is 0.507. The van der Waals surface area contributed by atoms with Crippen LogP contribution in [0.5, 0.6) is 0 Å². The molecule has 0 bridgehead atoms. The van der Waals surface area contributed by atoms with Crippen molar-refractivity contribution in [1.29, 1.82) is 0 Å². The standard InChI is InChI=1S/C24H19N5O2/c30-24(29-22(12-15-31-29)19-7-2-1-3-8-19)27-20-9-4-6-18(16-20)10-11-21-17-26-23-25-13-5-14-28(21)23/h1-9,13-14,16-17,22H,12,15H2,(H,27,30)/t22-/m0/s1. The van der Waals surface area contributed by atoms with Crippen molar-refractivity contribution in [1.82, 2.24) is 19.4 Å². The van der Waals surface area contributed by atoms with Gasteiger partial charge >= 0.3 is 6.03 Å². The van der Waals surface area contributed by atoms with E-state index in [0.29, 0.717) is 18.1 Å². The van der Waals surface area contributed by atoms with Crippen LogP contribution < -0.4 is 5.32 Å². The predicted molar refractivity (Wildman–Crippen MR) is 116 cm³/mol. The molecule has 1 N–H and O–H groups in total. The van der Waals surface area contributed by atoms with Gasteiger partial charge in [0, 0.05) is 30.1 Å². The summed E-state index contributed by atoms with van der Waals surface area (Å²) in [7, 11) is 0. The number of hydrogen-bond donors (Lipinski definition) is 1. The molecule has 0 spiro atoms. The molecule has 152 valence electrons. The number of hydrogen-bond acceptors (Lipinski definition) is 4. The molecule has 0 unspecified atom stereocenters. The number of amides is 2. The van der Waals surface area contributed by atoms with Gasteiger partial charge in [-0.2, -0.15) is 5.06 Å². The highest BCUT2D eigenvalue weighted by atomic mass is 16.7. The van der Waals surface area contributed by atoms with Crippen LogP contribution in [0.15, 0.2) is 79.3 Å². The number of carbonyl (C=O) groups is 1. The number of nitrogens with zero attached hydrogens (tertiary/aromatic N) is 4. The SMILES string of the molecule is O=C(Nc1cccc(C#Cc2cnc3ncccn23)c1)N1OCC[C@H]1c1ccccc1. The second kappa shape index (κ2) is 8.30. The van der Waals surface area contributed by atoms with Crippen molar-refractivity contribution in [3.8, 4) is 11.8 Å². The van der Waals surface area contributed by atoms with Crippen molar-refractivity contribution in [3.63, 3.8) is 0 Å². The van der Waals surface area contributed by atoms with Crippen molar-refractivity contribution in [2.75, 3.05) is 11.9 Å². The second-order valence-electron chi connectivity index (χ2n) is 7.07. The third-order valence-corrected chi connectivity index (χ3v) is 5.03. The summed E-state index contributed by atoms with van der Waals surface area (Å²) in [4.78, 5) is 26.9. The highest BCUT2D eigenvalue weighted by Gasteiger charge is 2.31. The van der Waals surface area contributed by atoms with Crippen molar-refractivity contribution < 1.29 is 9.63 Å². The maximum absolute atomic E-state index is 12.8. The number of carbonyl (C=O) groups excluding carboxylic acids is 1. The lowest BCUT2D eigenvalue weighted by atomic mass is 10.1. The number of imidazole rings is 1. The topological polar surface area (TPSA) is 71.8 Å². The average molecular weight is 409 g/mol. The number of nitrogens with one attached hydrogen (secondary N) is 1. The first-order chi connectivity index (χ1) is 15.3. The van der Waals surface area contributed by atoms with Crippen LogP contribution >= 0.6 is 0 Å². The van der Waals surface area contributed by atoms with E-state index >= 15 is 0 Å². The first-order valence-corrected chi connectivity index (χ1v) is 9.96. The van der Waals surface area contributed by atoms with E-state index in [2.05, 4.69) is 27.1 Å². The Morgan fingerprint density at radius 1 is 1.06 bits per heavy atom. The molecule has 7 heteroatoms. The molecule has 31 heavy (non-hydrogen) atoms. The predicted octanol–water partition coefficient (Wildman–Crippen LogP) is 4.04. The van der Waals surface area contributed by atoms with Crippen LogP contribution in [0, 0.1) is 11.8 Å². The molecule has 1 saturated heterocycles. The first kappa shape index (κ1) is 18.9. The quantitative estimate of drug-likeness (QED) is 0.507. The van der Waals surface area contributed by atoms with E-state index in [-0.39, 0.29) is 12.1 Å². The van der Waals surface area contributed by atoms with Crippen LogP contribution in [0.3, 0.4) is 0 Å². The van der Waals surface area contributed by atoms with E-state index in [4.69, 9.17) is 4.84 Å². The van der Waals surface area contributed by atoms with E-state index in [1.807, 2.05) is 71.3 Å². The van der Waals surface area contributed by atoms with Gasteiger partial charge in [-0.25, -0.2) is 14.8 Å².